The van der Waals surface area contributed by atoms with E-state index in [0.717, 1.165) is 12.1 Å². The van der Waals surface area contributed by atoms with Crippen LogP contribution < -0.4 is 0 Å². The molecule has 2 atom stereocenters. The Bertz CT molecular complexity index is 417. The summed E-state index contributed by atoms with van der Waals surface area (Å²) in [6.07, 6.45) is 0.657. The zero-order chi connectivity index (χ0) is 11.7. The lowest BCUT2D eigenvalue weighted by atomic mass is 10.1. The quantitative estimate of drug-likeness (QED) is 0.740. The summed E-state index contributed by atoms with van der Waals surface area (Å²) < 4.78 is 30.5. The van der Waals surface area contributed by atoms with Crippen LogP contribution in [0.3, 0.4) is 0 Å². The molecule has 1 aromatic rings. The smallest absolute Gasteiger partial charge is 0.309 e. The summed E-state index contributed by atoms with van der Waals surface area (Å²) in [6.45, 7) is 2.09. The van der Waals surface area contributed by atoms with Crippen LogP contribution in [-0.2, 0) is 9.53 Å². The second kappa shape index (κ2) is 4.20. The maximum atomic E-state index is 13.0. The maximum absolute atomic E-state index is 13.0. The van der Waals surface area contributed by atoms with Crippen LogP contribution in [0.1, 0.15) is 24.8 Å². The highest BCUT2D eigenvalue weighted by Crippen LogP contribution is 2.48. The Kier molecular flexibility index (Phi) is 2.90. The van der Waals surface area contributed by atoms with E-state index >= 15 is 0 Å². The van der Waals surface area contributed by atoms with Crippen molar-refractivity contribution in [2.24, 2.45) is 5.92 Å². The summed E-state index contributed by atoms with van der Waals surface area (Å²) >= 11 is 0. The fourth-order valence-corrected chi connectivity index (χ4v) is 1.82. The van der Waals surface area contributed by atoms with Crippen molar-refractivity contribution in [2.45, 2.75) is 19.3 Å². The van der Waals surface area contributed by atoms with Crippen molar-refractivity contribution in [3.8, 4) is 0 Å². The second-order valence-electron chi connectivity index (χ2n) is 3.87. The highest BCUT2D eigenvalue weighted by Gasteiger charge is 2.45. The van der Waals surface area contributed by atoms with Crippen molar-refractivity contribution in [2.75, 3.05) is 6.61 Å². The van der Waals surface area contributed by atoms with E-state index in [2.05, 4.69) is 0 Å². The summed E-state index contributed by atoms with van der Waals surface area (Å²) in [5.41, 5.74) is 0.664. The number of hydrogen-bond acceptors (Lipinski definition) is 2. The number of hydrogen-bond donors (Lipinski definition) is 0. The number of ether oxygens (including phenoxy) is 1. The fraction of sp³-hybridized carbons (Fsp3) is 0.417. The fourth-order valence-electron chi connectivity index (χ4n) is 1.82. The normalized spacial score (nSPS) is 22.9. The molecule has 4 heteroatoms. The Labute approximate surface area is 92.2 Å². The van der Waals surface area contributed by atoms with Crippen LogP contribution in [0.4, 0.5) is 8.78 Å². The van der Waals surface area contributed by atoms with Gasteiger partial charge in [-0.15, -0.1) is 0 Å². The number of benzene rings is 1. The molecule has 1 saturated carbocycles. The van der Waals surface area contributed by atoms with Gasteiger partial charge in [0.05, 0.1) is 12.5 Å². The number of rotatable bonds is 3. The third-order valence-corrected chi connectivity index (χ3v) is 2.75. The topological polar surface area (TPSA) is 26.3 Å². The van der Waals surface area contributed by atoms with E-state index in [1.54, 1.807) is 6.92 Å². The first-order valence-corrected chi connectivity index (χ1v) is 5.25. The van der Waals surface area contributed by atoms with Gasteiger partial charge in [-0.3, -0.25) is 4.79 Å². The lowest BCUT2D eigenvalue weighted by Gasteiger charge is -2.02. The van der Waals surface area contributed by atoms with Crippen molar-refractivity contribution in [3.05, 3.63) is 35.4 Å². The lowest BCUT2D eigenvalue weighted by molar-refractivity contribution is -0.144. The van der Waals surface area contributed by atoms with E-state index in [4.69, 9.17) is 4.74 Å². The molecule has 0 amide bonds. The standard InChI is InChI=1S/C12H12F2O2/c1-2-16-12(15)9-6-8(9)7-3-4-10(13)11(14)5-7/h3-5,8-9H,2,6H2,1H3/t8-,9+/m1/s1. The molecule has 1 fully saturated rings. The molecule has 1 aliphatic rings. The van der Waals surface area contributed by atoms with Crippen molar-refractivity contribution in [3.63, 3.8) is 0 Å². The Hall–Kier alpha value is -1.45. The minimum absolute atomic E-state index is 0.0193. The third kappa shape index (κ3) is 2.05. The van der Waals surface area contributed by atoms with Gasteiger partial charge >= 0.3 is 5.97 Å². The molecule has 0 saturated heterocycles. The van der Waals surface area contributed by atoms with Crippen molar-refractivity contribution in [1.82, 2.24) is 0 Å². The number of carbonyl (C=O) groups excluding carboxylic acids is 1. The van der Waals surface area contributed by atoms with Gasteiger partial charge in [-0.1, -0.05) is 6.07 Å². The van der Waals surface area contributed by atoms with Crippen LogP contribution in [0.5, 0.6) is 0 Å². The molecule has 0 unspecified atom stereocenters. The van der Waals surface area contributed by atoms with Crippen LogP contribution in [0.25, 0.3) is 0 Å². The van der Waals surface area contributed by atoms with Gasteiger partial charge in [0.15, 0.2) is 11.6 Å². The Morgan fingerprint density at radius 1 is 1.44 bits per heavy atom. The highest BCUT2D eigenvalue weighted by molar-refractivity contribution is 5.77. The van der Waals surface area contributed by atoms with Crippen molar-refractivity contribution in [1.29, 1.82) is 0 Å². The molecule has 1 aromatic carbocycles. The maximum Gasteiger partial charge on any atom is 0.309 e. The number of halogens is 2. The summed E-state index contributed by atoms with van der Waals surface area (Å²) in [6, 6.07) is 3.76. The van der Waals surface area contributed by atoms with Gasteiger partial charge in [-0.25, -0.2) is 8.78 Å². The van der Waals surface area contributed by atoms with Gasteiger partial charge in [0.25, 0.3) is 0 Å². The van der Waals surface area contributed by atoms with E-state index in [0.29, 0.717) is 18.6 Å². The van der Waals surface area contributed by atoms with E-state index in [1.807, 2.05) is 0 Å². The van der Waals surface area contributed by atoms with Crippen molar-refractivity contribution < 1.29 is 18.3 Å². The van der Waals surface area contributed by atoms with Gasteiger partial charge in [0.1, 0.15) is 0 Å². The molecule has 16 heavy (non-hydrogen) atoms. The first-order valence-electron chi connectivity index (χ1n) is 5.25. The molecule has 0 aromatic heterocycles. The molecular formula is C12H12F2O2. The zero-order valence-corrected chi connectivity index (χ0v) is 8.87. The Balaban J connectivity index is 2.06. The molecular weight excluding hydrogens is 214 g/mol. The molecule has 0 N–H and O–H groups in total. The molecule has 1 aliphatic carbocycles. The predicted molar refractivity (Wildman–Crippen MR) is 53.8 cm³/mol. The van der Waals surface area contributed by atoms with Gasteiger partial charge in [0.2, 0.25) is 0 Å². The summed E-state index contributed by atoms with van der Waals surface area (Å²) in [7, 11) is 0. The molecule has 0 radical (unpaired) electrons. The predicted octanol–water partition coefficient (Wildman–Crippen LogP) is 2.63. The second-order valence-corrected chi connectivity index (χ2v) is 3.87. The van der Waals surface area contributed by atoms with Gasteiger partial charge in [-0.05, 0) is 37.0 Å². The van der Waals surface area contributed by atoms with Gasteiger partial charge in [0, 0.05) is 0 Å². The molecule has 0 aliphatic heterocycles. The molecule has 2 nitrogen and oxygen atoms in total. The van der Waals surface area contributed by atoms with Gasteiger partial charge in [-0.2, -0.15) is 0 Å². The minimum atomic E-state index is -0.869. The first kappa shape index (κ1) is 11.0. The third-order valence-electron chi connectivity index (χ3n) is 2.75. The van der Waals surface area contributed by atoms with Crippen LogP contribution >= 0.6 is 0 Å². The molecule has 2 rings (SSSR count). The van der Waals surface area contributed by atoms with E-state index in [1.165, 1.54) is 6.07 Å². The van der Waals surface area contributed by atoms with E-state index in [9.17, 15) is 13.6 Å². The average molecular weight is 226 g/mol. The summed E-state index contributed by atoms with van der Waals surface area (Å²) in [4.78, 5) is 11.4. The minimum Gasteiger partial charge on any atom is -0.466 e. The molecule has 86 valence electrons. The van der Waals surface area contributed by atoms with Crippen molar-refractivity contribution >= 4 is 5.97 Å². The first-order chi connectivity index (χ1) is 7.63. The largest absolute Gasteiger partial charge is 0.466 e. The molecule has 0 spiro atoms. The summed E-state index contributed by atoms with van der Waals surface area (Å²) in [5.74, 6) is -2.19. The zero-order valence-electron chi connectivity index (χ0n) is 8.87. The number of esters is 1. The average Bonchev–Trinajstić information content (AvgIpc) is 3.02. The SMILES string of the molecule is CCOC(=O)[C@H]1C[C@@H]1c1ccc(F)c(F)c1. The van der Waals surface area contributed by atoms with E-state index < -0.39 is 11.6 Å². The summed E-state index contributed by atoms with van der Waals surface area (Å²) in [5, 5.41) is 0. The molecule has 0 bridgehead atoms. The Morgan fingerprint density at radius 3 is 2.81 bits per heavy atom. The van der Waals surface area contributed by atoms with E-state index in [-0.39, 0.29) is 17.8 Å². The monoisotopic (exact) mass is 226 g/mol. The van der Waals surface area contributed by atoms with Crippen LogP contribution in [0, 0.1) is 17.6 Å². The number of carbonyl (C=O) groups is 1. The Morgan fingerprint density at radius 2 is 2.19 bits per heavy atom. The van der Waals surface area contributed by atoms with Crippen LogP contribution in [-0.4, -0.2) is 12.6 Å². The van der Waals surface area contributed by atoms with Gasteiger partial charge < -0.3 is 4.74 Å². The van der Waals surface area contributed by atoms with Crippen LogP contribution in [0.2, 0.25) is 0 Å². The van der Waals surface area contributed by atoms with Crippen LogP contribution in [0.15, 0.2) is 18.2 Å². The molecule has 0 heterocycles. The lowest BCUT2D eigenvalue weighted by Crippen LogP contribution is -2.07. The highest BCUT2D eigenvalue weighted by atomic mass is 19.2.